The minimum atomic E-state index is -4.54. The number of anilines is 1. The van der Waals surface area contributed by atoms with Crippen molar-refractivity contribution in [2.45, 2.75) is 19.5 Å². The summed E-state index contributed by atoms with van der Waals surface area (Å²) in [5.41, 5.74) is -0.897. The Morgan fingerprint density at radius 3 is 2.53 bits per heavy atom. The normalized spacial score (nSPS) is 11.2. The number of aliphatic hydroxyl groups excluding tert-OH is 1. The van der Waals surface area contributed by atoms with Gasteiger partial charge in [0.05, 0.1) is 17.2 Å². The van der Waals surface area contributed by atoms with Gasteiger partial charge in [0.25, 0.3) is 0 Å². The molecule has 0 aromatic heterocycles. The second-order valence-corrected chi connectivity index (χ2v) is 4.00. The molecule has 1 rings (SSSR count). The van der Waals surface area contributed by atoms with Gasteiger partial charge in [0.1, 0.15) is 0 Å². The zero-order valence-electron chi connectivity index (χ0n) is 10.5. The Morgan fingerprint density at radius 2 is 2.05 bits per heavy atom. The molecule has 3 nitrogen and oxygen atoms in total. The molecule has 104 valence electrons. The molecule has 19 heavy (non-hydrogen) atoms. The number of nitrogens with zero attached hydrogens (tertiary/aromatic N) is 2. The van der Waals surface area contributed by atoms with E-state index in [2.05, 4.69) is 0 Å². The number of rotatable bonds is 5. The number of nitriles is 1. The van der Waals surface area contributed by atoms with Crippen LogP contribution in [0.4, 0.5) is 18.9 Å². The van der Waals surface area contributed by atoms with Crippen LogP contribution in [0.15, 0.2) is 18.2 Å². The maximum absolute atomic E-state index is 12.8. The second-order valence-electron chi connectivity index (χ2n) is 4.00. The SMILES string of the molecule is CCN(CCCO)c1ccc(C#N)c(C(F)(F)F)c1. The van der Waals surface area contributed by atoms with E-state index in [0.717, 1.165) is 6.07 Å². The van der Waals surface area contributed by atoms with Gasteiger partial charge in [-0.25, -0.2) is 0 Å². The van der Waals surface area contributed by atoms with Crippen molar-refractivity contribution < 1.29 is 18.3 Å². The van der Waals surface area contributed by atoms with E-state index in [1.807, 2.05) is 6.92 Å². The Balaban J connectivity index is 3.14. The highest BCUT2D eigenvalue weighted by Crippen LogP contribution is 2.34. The molecule has 0 spiro atoms. The maximum atomic E-state index is 12.8. The van der Waals surface area contributed by atoms with Gasteiger partial charge in [0.2, 0.25) is 0 Å². The summed E-state index contributed by atoms with van der Waals surface area (Å²) in [7, 11) is 0. The Morgan fingerprint density at radius 1 is 1.37 bits per heavy atom. The first-order valence-corrected chi connectivity index (χ1v) is 5.91. The molecule has 1 N–H and O–H groups in total. The van der Waals surface area contributed by atoms with Gasteiger partial charge in [0.15, 0.2) is 0 Å². The summed E-state index contributed by atoms with van der Waals surface area (Å²) in [6, 6.07) is 5.21. The van der Waals surface area contributed by atoms with Crippen LogP contribution in [0.2, 0.25) is 0 Å². The van der Waals surface area contributed by atoms with Crippen LogP contribution in [0.3, 0.4) is 0 Å². The van der Waals surface area contributed by atoms with Crippen LogP contribution in [0.1, 0.15) is 24.5 Å². The molecule has 0 radical (unpaired) electrons. The molecule has 6 heteroatoms. The topological polar surface area (TPSA) is 47.3 Å². The second kappa shape index (κ2) is 6.43. The molecule has 0 fully saturated rings. The predicted octanol–water partition coefficient (Wildman–Crippen LogP) is 2.79. The minimum absolute atomic E-state index is 0.0150. The van der Waals surface area contributed by atoms with Gasteiger partial charge in [-0.05, 0) is 31.5 Å². The van der Waals surface area contributed by atoms with Crippen molar-refractivity contribution in [1.82, 2.24) is 0 Å². The standard InChI is InChI=1S/C13H15F3N2O/c1-2-18(6-3-7-19)11-5-4-10(9-17)12(8-11)13(14,15)16/h4-5,8,19H,2-3,6-7H2,1H3. The van der Waals surface area contributed by atoms with Crippen molar-refractivity contribution in [2.24, 2.45) is 0 Å². The third-order valence-corrected chi connectivity index (χ3v) is 2.76. The fraction of sp³-hybridized carbons (Fsp3) is 0.462. The summed E-state index contributed by atoms with van der Waals surface area (Å²) in [5.74, 6) is 0. The molecule has 0 aliphatic rings. The van der Waals surface area contributed by atoms with Crippen molar-refractivity contribution in [2.75, 3.05) is 24.6 Å². The first kappa shape index (κ1) is 15.3. The number of hydrogen-bond donors (Lipinski definition) is 1. The highest BCUT2D eigenvalue weighted by Gasteiger charge is 2.34. The quantitative estimate of drug-likeness (QED) is 0.896. The maximum Gasteiger partial charge on any atom is 0.417 e. The van der Waals surface area contributed by atoms with Crippen LogP contribution in [0.25, 0.3) is 0 Å². The van der Waals surface area contributed by atoms with Crippen molar-refractivity contribution in [3.8, 4) is 6.07 Å². The van der Waals surface area contributed by atoms with Crippen molar-refractivity contribution in [3.05, 3.63) is 29.3 Å². The lowest BCUT2D eigenvalue weighted by Gasteiger charge is -2.24. The smallest absolute Gasteiger partial charge is 0.396 e. The number of hydrogen-bond acceptors (Lipinski definition) is 3. The van der Waals surface area contributed by atoms with Crippen LogP contribution in [-0.4, -0.2) is 24.8 Å². The summed E-state index contributed by atoms with van der Waals surface area (Å²) in [5, 5.41) is 17.5. The molecule has 0 unspecified atom stereocenters. The molecule has 0 aliphatic heterocycles. The van der Waals surface area contributed by atoms with Gasteiger partial charge in [-0.3, -0.25) is 0 Å². The van der Waals surface area contributed by atoms with E-state index in [0.29, 0.717) is 25.2 Å². The lowest BCUT2D eigenvalue weighted by molar-refractivity contribution is -0.137. The van der Waals surface area contributed by atoms with Gasteiger partial charge < -0.3 is 10.0 Å². The van der Waals surface area contributed by atoms with Crippen molar-refractivity contribution in [3.63, 3.8) is 0 Å². The molecule has 1 aromatic carbocycles. The summed E-state index contributed by atoms with van der Waals surface area (Å²) < 4.78 is 38.5. The number of benzene rings is 1. The predicted molar refractivity (Wildman–Crippen MR) is 65.7 cm³/mol. The third kappa shape index (κ3) is 3.86. The van der Waals surface area contributed by atoms with E-state index in [1.165, 1.54) is 12.1 Å². The highest BCUT2D eigenvalue weighted by molar-refractivity contribution is 5.54. The number of halogens is 3. The zero-order valence-corrected chi connectivity index (χ0v) is 10.5. The van der Waals surface area contributed by atoms with Crippen molar-refractivity contribution >= 4 is 5.69 Å². The van der Waals surface area contributed by atoms with Crippen LogP contribution >= 0.6 is 0 Å². The Labute approximate surface area is 109 Å². The molecular weight excluding hydrogens is 257 g/mol. The van der Waals surface area contributed by atoms with E-state index < -0.39 is 11.7 Å². The van der Waals surface area contributed by atoms with Crippen LogP contribution in [0.5, 0.6) is 0 Å². The Bertz CT molecular complexity index is 466. The van der Waals surface area contributed by atoms with E-state index in [-0.39, 0.29) is 12.2 Å². The summed E-state index contributed by atoms with van der Waals surface area (Å²) in [4.78, 5) is 1.73. The van der Waals surface area contributed by atoms with Gasteiger partial charge in [-0.1, -0.05) is 0 Å². The number of aliphatic hydroxyl groups is 1. The summed E-state index contributed by atoms with van der Waals surface area (Å²) in [6.07, 6.45) is -4.06. The largest absolute Gasteiger partial charge is 0.417 e. The fourth-order valence-electron chi connectivity index (χ4n) is 1.79. The molecule has 0 bridgehead atoms. The molecular formula is C13H15F3N2O. The van der Waals surface area contributed by atoms with Gasteiger partial charge >= 0.3 is 6.18 Å². The average molecular weight is 272 g/mol. The van der Waals surface area contributed by atoms with Gasteiger partial charge in [-0.15, -0.1) is 0 Å². The molecule has 0 saturated carbocycles. The third-order valence-electron chi connectivity index (χ3n) is 2.76. The van der Waals surface area contributed by atoms with Crippen LogP contribution < -0.4 is 4.90 Å². The monoisotopic (exact) mass is 272 g/mol. The molecule has 0 amide bonds. The lowest BCUT2D eigenvalue weighted by atomic mass is 10.1. The van der Waals surface area contributed by atoms with Crippen LogP contribution in [0, 0.1) is 11.3 Å². The average Bonchev–Trinajstić information content (AvgIpc) is 2.38. The number of alkyl halides is 3. The summed E-state index contributed by atoms with van der Waals surface area (Å²) >= 11 is 0. The lowest BCUT2D eigenvalue weighted by Crippen LogP contribution is -2.25. The molecule has 0 atom stereocenters. The van der Waals surface area contributed by atoms with Gasteiger partial charge in [-0.2, -0.15) is 18.4 Å². The van der Waals surface area contributed by atoms with E-state index in [9.17, 15) is 13.2 Å². The molecule has 0 saturated heterocycles. The Hall–Kier alpha value is -1.74. The summed E-state index contributed by atoms with van der Waals surface area (Å²) in [6.45, 7) is 2.81. The fourth-order valence-corrected chi connectivity index (χ4v) is 1.79. The van der Waals surface area contributed by atoms with E-state index in [4.69, 9.17) is 10.4 Å². The van der Waals surface area contributed by atoms with E-state index >= 15 is 0 Å². The first-order chi connectivity index (χ1) is 8.93. The molecule has 0 aliphatic carbocycles. The van der Waals surface area contributed by atoms with E-state index in [1.54, 1.807) is 11.0 Å². The molecule has 1 aromatic rings. The highest BCUT2D eigenvalue weighted by atomic mass is 19.4. The zero-order chi connectivity index (χ0) is 14.5. The van der Waals surface area contributed by atoms with Gasteiger partial charge in [0, 0.05) is 25.4 Å². The minimum Gasteiger partial charge on any atom is -0.396 e. The Kier molecular flexibility index (Phi) is 5.19. The van der Waals surface area contributed by atoms with Crippen LogP contribution in [-0.2, 0) is 6.18 Å². The first-order valence-electron chi connectivity index (χ1n) is 5.91. The molecule has 0 heterocycles. The van der Waals surface area contributed by atoms with Crippen molar-refractivity contribution in [1.29, 1.82) is 5.26 Å².